The summed E-state index contributed by atoms with van der Waals surface area (Å²) < 4.78 is 6.21. The van der Waals surface area contributed by atoms with Gasteiger partial charge in [0.1, 0.15) is 5.75 Å². The van der Waals surface area contributed by atoms with Crippen LogP contribution in [-0.2, 0) is 4.79 Å². The SMILES string of the molecule is CCCC(=O)N1CCN(c2ccc(NC(=S)NC(=O)c3cc4ccccc4c(Br)c3OC)cc2Cl)CC1. The van der Waals surface area contributed by atoms with Crippen LogP contribution < -0.4 is 20.3 Å². The summed E-state index contributed by atoms with van der Waals surface area (Å²) in [6.45, 7) is 4.82. The molecule has 3 aromatic carbocycles. The summed E-state index contributed by atoms with van der Waals surface area (Å²) in [5.41, 5.74) is 1.92. The second-order valence-corrected chi connectivity index (χ2v) is 10.3. The van der Waals surface area contributed by atoms with Crippen molar-refractivity contribution in [3.05, 3.63) is 63.6 Å². The fraction of sp³-hybridized carbons (Fsp3) is 0.296. The van der Waals surface area contributed by atoms with Crippen molar-refractivity contribution in [2.24, 2.45) is 0 Å². The van der Waals surface area contributed by atoms with Crippen LogP contribution in [0.2, 0.25) is 5.02 Å². The van der Waals surface area contributed by atoms with Crippen molar-refractivity contribution >= 4 is 78.8 Å². The minimum Gasteiger partial charge on any atom is -0.495 e. The Morgan fingerprint density at radius 3 is 2.51 bits per heavy atom. The van der Waals surface area contributed by atoms with Gasteiger partial charge in [0.15, 0.2) is 5.11 Å². The van der Waals surface area contributed by atoms with E-state index in [0.29, 0.717) is 46.0 Å². The molecule has 1 aliphatic rings. The smallest absolute Gasteiger partial charge is 0.261 e. The van der Waals surface area contributed by atoms with E-state index in [9.17, 15) is 9.59 Å². The van der Waals surface area contributed by atoms with Gasteiger partial charge >= 0.3 is 0 Å². The van der Waals surface area contributed by atoms with Gasteiger partial charge in [-0.25, -0.2) is 0 Å². The maximum Gasteiger partial charge on any atom is 0.261 e. The first-order valence-corrected chi connectivity index (χ1v) is 13.6. The molecule has 0 bridgehead atoms. The van der Waals surface area contributed by atoms with Crippen LogP contribution in [0, 0.1) is 0 Å². The van der Waals surface area contributed by atoms with Gasteiger partial charge in [0, 0.05) is 38.3 Å². The third kappa shape index (κ3) is 6.17. The van der Waals surface area contributed by atoms with E-state index in [4.69, 9.17) is 28.6 Å². The maximum absolute atomic E-state index is 13.1. The monoisotopic (exact) mass is 602 g/mol. The number of thiocarbonyl (C=S) groups is 1. The molecule has 0 saturated carbocycles. The van der Waals surface area contributed by atoms with Crippen molar-refractivity contribution in [1.29, 1.82) is 0 Å². The van der Waals surface area contributed by atoms with Crippen molar-refractivity contribution in [1.82, 2.24) is 10.2 Å². The Hall–Kier alpha value is -2.88. The fourth-order valence-corrected chi connectivity index (χ4v) is 5.64. The lowest BCUT2D eigenvalue weighted by Gasteiger charge is -2.36. The van der Waals surface area contributed by atoms with Crippen LogP contribution in [0.4, 0.5) is 11.4 Å². The van der Waals surface area contributed by atoms with Crippen molar-refractivity contribution in [2.75, 3.05) is 43.5 Å². The number of methoxy groups -OCH3 is 1. The van der Waals surface area contributed by atoms with Gasteiger partial charge < -0.3 is 19.9 Å². The van der Waals surface area contributed by atoms with Crippen molar-refractivity contribution in [2.45, 2.75) is 19.8 Å². The molecule has 2 amide bonds. The average molecular weight is 604 g/mol. The molecule has 0 atom stereocenters. The Kier molecular flexibility index (Phi) is 8.89. The zero-order valence-corrected chi connectivity index (χ0v) is 23.8. The summed E-state index contributed by atoms with van der Waals surface area (Å²) in [5.74, 6) is 0.249. The van der Waals surface area contributed by atoms with Gasteiger partial charge in [0.2, 0.25) is 5.91 Å². The van der Waals surface area contributed by atoms with Crippen LogP contribution >= 0.6 is 39.7 Å². The van der Waals surface area contributed by atoms with Gasteiger partial charge in [0.05, 0.1) is 27.9 Å². The second-order valence-electron chi connectivity index (χ2n) is 8.68. The minimum atomic E-state index is -0.390. The molecule has 2 N–H and O–H groups in total. The molecule has 4 rings (SSSR count). The largest absolute Gasteiger partial charge is 0.495 e. The number of hydrogen-bond acceptors (Lipinski definition) is 5. The summed E-state index contributed by atoms with van der Waals surface area (Å²) in [5, 5.41) is 8.30. The second kappa shape index (κ2) is 12.1. The molecule has 0 aromatic heterocycles. The van der Waals surface area contributed by atoms with E-state index < -0.39 is 0 Å². The number of benzene rings is 3. The molecule has 3 aromatic rings. The zero-order valence-electron chi connectivity index (χ0n) is 20.6. The Morgan fingerprint density at radius 2 is 1.84 bits per heavy atom. The number of amides is 2. The standard InChI is InChI=1S/C27H28BrClN4O3S/c1-3-6-23(34)33-13-11-32(12-14-33)22-10-9-18(16-21(22)29)30-27(37)31-26(35)20-15-17-7-4-5-8-19(17)24(28)25(20)36-2/h4-5,7-10,15-16H,3,6,11-14H2,1-2H3,(H2,30,31,35,37). The van der Waals surface area contributed by atoms with Gasteiger partial charge in [-0.05, 0) is 69.6 Å². The summed E-state index contributed by atoms with van der Waals surface area (Å²) in [4.78, 5) is 29.3. The summed E-state index contributed by atoms with van der Waals surface area (Å²) in [6.07, 6.45) is 1.44. The van der Waals surface area contributed by atoms with Gasteiger partial charge in [-0.1, -0.05) is 42.8 Å². The van der Waals surface area contributed by atoms with E-state index in [1.165, 1.54) is 7.11 Å². The number of carbonyl (C=O) groups excluding carboxylic acids is 2. The highest BCUT2D eigenvalue weighted by Crippen LogP contribution is 2.36. The van der Waals surface area contributed by atoms with Crippen LogP contribution in [0.15, 0.2) is 53.0 Å². The molecule has 0 unspecified atom stereocenters. The molecule has 37 heavy (non-hydrogen) atoms. The lowest BCUT2D eigenvalue weighted by atomic mass is 10.1. The molecular weight excluding hydrogens is 576 g/mol. The number of hydrogen-bond donors (Lipinski definition) is 2. The van der Waals surface area contributed by atoms with Crippen LogP contribution in [0.5, 0.6) is 5.75 Å². The number of nitrogens with one attached hydrogen (secondary N) is 2. The van der Waals surface area contributed by atoms with Crippen molar-refractivity contribution < 1.29 is 14.3 Å². The molecular formula is C27H28BrClN4O3S. The number of ether oxygens (including phenoxy) is 1. The normalized spacial score (nSPS) is 13.4. The van der Waals surface area contributed by atoms with Gasteiger partial charge in [-0.15, -0.1) is 0 Å². The highest BCUT2D eigenvalue weighted by atomic mass is 79.9. The Bertz CT molecular complexity index is 1340. The van der Waals surface area contributed by atoms with Gasteiger partial charge in [-0.2, -0.15) is 0 Å². The Labute approximate surface area is 235 Å². The molecule has 0 spiro atoms. The van der Waals surface area contributed by atoms with E-state index in [-0.39, 0.29) is 16.9 Å². The van der Waals surface area contributed by atoms with Crippen LogP contribution in [0.3, 0.4) is 0 Å². The third-order valence-corrected chi connectivity index (χ3v) is 7.55. The number of fused-ring (bicyclic) bond motifs is 1. The number of rotatable bonds is 6. The maximum atomic E-state index is 13.1. The molecule has 0 radical (unpaired) electrons. The predicted octanol–water partition coefficient (Wildman–Crippen LogP) is 5.84. The Morgan fingerprint density at radius 1 is 1.11 bits per heavy atom. The molecule has 0 aliphatic carbocycles. The minimum absolute atomic E-state index is 0.142. The van der Waals surface area contributed by atoms with E-state index in [1.54, 1.807) is 12.1 Å². The third-order valence-electron chi connectivity index (χ3n) is 6.26. The number of piperazine rings is 1. The highest BCUT2D eigenvalue weighted by molar-refractivity contribution is 9.10. The highest BCUT2D eigenvalue weighted by Gasteiger charge is 2.22. The summed E-state index contributed by atoms with van der Waals surface area (Å²) in [6, 6.07) is 15.1. The first kappa shape index (κ1) is 27.2. The molecule has 1 heterocycles. The lowest BCUT2D eigenvalue weighted by molar-refractivity contribution is -0.131. The quantitative estimate of drug-likeness (QED) is 0.345. The van der Waals surface area contributed by atoms with Crippen LogP contribution in [0.1, 0.15) is 30.1 Å². The number of carbonyl (C=O) groups is 2. The summed E-state index contributed by atoms with van der Waals surface area (Å²) in [7, 11) is 1.52. The van der Waals surface area contributed by atoms with E-state index >= 15 is 0 Å². The zero-order chi connectivity index (χ0) is 26.5. The molecule has 7 nitrogen and oxygen atoms in total. The van der Waals surface area contributed by atoms with Crippen molar-refractivity contribution in [3.63, 3.8) is 0 Å². The van der Waals surface area contributed by atoms with E-state index in [1.807, 2.05) is 48.2 Å². The predicted molar refractivity (Wildman–Crippen MR) is 157 cm³/mol. The first-order chi connectivity index (χ1) is 17.8. The molecule has 194 valence electrons. The molecule has 1 aliphatic heterocycles. The van der Waals surface area contributed by atoms with Crippen molar-refractivity contribution in [3.8, 4) is 5.75 Å². The van der Waals surface area contributed by atoms with Gasteiger partial charge in [-0.3, -0.25) is 14.9 Å². The first-order valence-electron chi connectivity index (χ1n) is 12.0. The van der Waals surface area contributed by atoms with E-state index in [0.717, 1.165) is 36.0 Å². The van der Waals surface area contributed by atoms with Crippen LogP contribution in [-0.4, -0.2) is 55.1 Å². The van der Waals surface area contributed by atoms with Gasteiger partial charge in [0.25, 0.3) is 5.91 Å². The summed E-state index contributed by atoms with van der Waals surface area (Å²) >= 11 is 15.5. The number of anilines is 2. The molecule has 1 saturated heterocycles. The number of halogens is 2. The Balaban J connectivity index is 1.40. The van der Waals surface area contributed by atoms with E-state index in [2.05, 4.69) is 31.5 Å². The van der Waals surface area contributed by atoms with Crippen LogP contribution in [0.25, 0.3) is 10.8 Å². The topological polar surface area (TPSA) is 73.9 Å². The lowest BCUT2D eigenvalue weighted by Crippen LogP contribution is -2.48. The number of nitrogens with zero attached hydrogens (tertiary/aromatic N) is 2. The fourth-order valence-electron chi connectivity index (χ4n) is 4.40. The molecule has 1 fully saturated rings. The molecule has 10 heteroatoms. The average Bonchev–Trinajstić information content (AvgIpc) is 2.89.